The van der Waals surface area contributed by atoms with Crippen LogP contribution >= 0.6 is 15.9 Å². The number of aromatic nitrogens is 2. The van der Waals surface area contributed by atoms with Crippen molar-refractivity contribution in [3.05, 3.63) is 58.8 Å². The zero-order valence-corrected chi connectivity index (χ0v) is 11.3. The third-order valence-electron chi connectivity index (χ3n) is 2.90. The predicted octanol–water partition coefficient (Wildman–Crippen LogP) is 3.25. The highest BCUT2D eigenvalue weighted by molar-refractivity contribution is 9.10. The highest BCUT2D eigenvalue weighted by Crippen LogP contribution is 2.22. The topological polar surface area (TPSA) is 43.8 Å². The molecule has 0 fully saturated rings. The fourth-order valence-electron chi connectivity index (χ4n) is 1.96. The number of benzene rings is 2. The van der Waals surface area contributed by atoms with E-state index in [0.29, 0.717) is 6.54 Å². The monoisotopic (exact) mass is 301 g/mol. The highest BCUT2D eigenvalue weighted by Gasteiger charge is 2.01. The van der Waals surface area contributed by atoms with Crippen LogP contribution in [-0.2, 0) is 6.54 Å². The Balaban J connectivity index is 2.10. The fraction of sp³-hybridized carbons (Fsp3) is 0.0714. The van der Waals surface area contributed by atoms with E-state index in [0.717, 1.165) is 15.9 Å². The molecule has 4 heteroatoms. The first-order valence-corrected chi connectivity index (χ1v) is 6.50. The summed E-state index contributed by atoms with van der Waals surface area (Å²) in [5, 5.41) is 6.81. The van der Waals surface area contributed by atoms with Gasteiger partial charge in [-0.15, -0.1) is 0 Å². The van der Waals surface area contributed by atoms with E-state index in [1.165, 1.54) is 10.8 Å². The predicted molar refractivity (Wildman–Crippen MR) is 76.7 cm³/mol. The number of nitrogens with two attached hydrogens (primary N) is 1. The zero-order chi connectivity index (χ0) is 12.5. The molecule has 0 aliphatic heterocycles. The van der Waals surface area contributed by atoms with Crippen LogP contribution in [0.2, 0.25) is 0 Å². The van der Waals surface area contributed by atoms with Gasteiger partial charge in [-0.25, -0.2) is 4.68 Å². The third kappa shape index (κ3) is 2.05. The van der Waals surface area contributed by atoms with E-state index >= 15 is 0 Å². The zero-order valence-electron chi connectivity index (χ0n) is 9.68. The molecule has 2 N–H and O–H groups in total. The molecule has 3 rings (SSSR count). The van der Waals surface area contributed by atoms with Gasteiger partial charge in [0.25, 0.3) is 0 Å². The Morgan fingerprint density at radius 2 is 1.83 bits per heavy atom. The Kier molecular flexibility index (Phi) is 2.89. The van der Waals surface area contributed by atoms with Crippen LogP contribution in [0.4, 0.5) is 0 Å². The van der Waals surface area contributed by atoms with Crippen LogP contribution in [0.5, 0.6) is 0 Å². The van der Waals surface area contributed by atoms with Crippen LogP contribution in [0, 0.1) is 0 Å². The molecule has 0 saturated carbocycles. The van der Waals surface area contributed by atoms with Gasteiger partial charge in [0.05, 0.1) is 11.4 Å². The van der Waals surface area contributed by atoms with E-state index in [-0.39, 0.29) is 0 Å². The molecule has 1 heterocycles. The first kappa shape index (κ1) is 11.4. The summed E-state index contributed by atoms with van der Waals surface area (Å²) in [6.07, 6.45) is 1.93. The SMILES string of the molecule is NCc1ccn(-c2ccc3cc(Br)ccc3c2)n1. The molecule has 3 nitrogen and oxygen atoms in total. The summed E-state index contributed by atoms with van der Waals surface area (Å²) in [5.74, 6) is 0. The van der Waals surface area contributed by atoms with E-state index in [2.05, 4.69) is 51.4 Å². The van der Waals surface area contributed by atoms with Crippen molar-refractivity contribution in [2.45, 2.75) is 6.54 Å². The summed E-state index contributed by atoms with van der Waals surface area (Å²) in [6.45, 7) is 0.466. The maximum Gasteiger partial charge on any atom is 0.0764 e. The number of hydrogen-bond donors (Lipinski definition) is 1. The molecule has 3 aromatic rings. The van der Waals surface area contributed by atoms with E-state index < -0.39 is 0 Å². The molecule has 0 aliphatic rings. The smallest absolute Gasteiger partial charge is 0.0764 e. The average molecular weight is 302 g/mol. The summed E-state index contributed by atoms with van der Waals surface area (Å²) in [4.78, 5) is 0. The second-order valence-corrected chi connectivity index (χ2v) is 5.05. The molecule has 0 unspecified atom stereocenters. The van der Waals surface area contributed by atoms with Gasteiger partial charge in [0.1, 0.15) is 0 Å². The highest BCUT2D eigenvalue weighted by atomic mass is 79.9. The molecule has 1 aromatic heterocycles. The fourth-order valence-corrected chi connectivity index (χ4v) is 2.34. The lowest BCUT2D eigenvalue weighted by Gasteiger charge is -2.04. The Labute approximate surface area is 113 Å². The van der Waals surface area contributed by atoms with Crippen molar-refractivity contribution >= 4 is 26.7 Å². The number of nitrogens with zero attached hydrogens (tertiary/aromatic N) is 2. The second kappa shape index (κ2) is 4.55. The molecular weight excluding hydrogens is 290 g/mol. The van der Waals surface area contributed by atoms with Crippen LogP contribution in [0.1, 0.15) is 5.69 Å². The van der Waals surface area contributed by atoms with Crippen molar-refractivity contribution in [2.24, 2.45) is 5.73 Å². The van der Waals surface area contributed by atoms with Gasteiger partial charge in [-0.3, -0.25) is 0 Å². The lowest BCUT2D eigenvalue weighted by Crippen LogP contribution is -2.00. The number of fused-ring (bicyclic) bond motifs is 1. The van der Waals surface area contributed by atoms with Crippen molar-refractivity contribution in [3.8, 4) is 5.69 Å². The molecule has 0 atom stereocenters. The van der Waals surface area contributed by atoms with Gasteiger partial charge in [-0.2, -0.15) is 5.10 Å². The minimum atomic E-state index is 0.466. The Morgan fingerprint density at radius 3 is 2.61 bits per heavy atom. The molecule has 0 saturated heterocycles. The van der Waals surface area contributed by atoms with Gasteiger partial charge in [-0.05, 0) is 41.1 Å². The van der Waals surface area contributed by atoms with Gasteiger partial charge in [0, 0.05) is 17.2 Å². The Morgan fingerprint density at radius 1 is 1.06 bits per heavy atom. The van der Waals surface area contributed by atoms with Gasteiger partial charge >= 0.3 is 0 Å². The van der Waals surface area contributed by atoms with Crippen molar-refractivity contribution < 1.29 is 0 Å². The van der Waals surface area contributed by atoms with Gasteiger partial charge < -0.3 is 5.73 Å². The van der Waals surface area contributed by atoms with Crippen LogP contribution in [-0.4, -0.2) is 9.78 Å². The molecule has 0 amide bonds. The molecule has 2 aromatic carbocycles. The van der Waals surface area contributed by atoms with Crippen LogP contribution in [0.25, 0.3) is 16.5 Å². The van der Waals surface area contributed by atoms with E-state index in [9.17, 15) is 0 Å². The summed E-state index contributed by atoms with van der Waals surface area (Å²) in [5.41, 5.74) is 7.51. The van der Waals surface area contributed by atoms with Crippen molar-refractivity contribution in [1.82, 2.24) is 9.78 Å². The van der Waals surface area contributed by atoms with Gasteiger partial charge in [-0.1, -0.05) is 28.1 Å². The van der Waals surface area contributed by atoms with Crippen LogP contribution < -0.4 is 5.73 Å². The molecule has 0 bridgehead atoms. The summed E-state index contributed by atoms with van der Waals surface area (Å²) >= 11 is 3.48. The standard InChI is InChI=1S/C14H12BrN3/c15-12-3-1-11-8-14(4-2-10(11)7-12)18-6-5-13(9-16)17-18/h1-8H,9,16H2. The lowest BCUT2D eigenvalue weighted by atomic mass is 10.1. The third-order valence-corrected chi connectivity index (χ3v) is 3.40. The minimum absolute atomic E-state index is 0.466. The number of halogens is 1. The van der Waals surface area contributed by atoms with Crippen molar-refractivity contribution in [1.29, 1.82) is 0 Å². The van der Waals surface area contributed by atoms with Crippen LogP contribution in [0.15, 0.2) is 53.1 Å². The van der Waals surface area contributed by atoms with E-state index in [1.54, 1.807) is 0 Å². The maximum atomic E-state index is 5.57. The summed E-state index contributed by atoms with van der Waals surface area (Å²) in [6, 6.07) is 14.5. The minimum Gasteiger partial charge on any atom is -0.325 e. The molecule has 90 valence electrons. The maximum absolute atomic E-state index is 5.57. The molecular formula is C14H12BrN3. The number of hydrogen-bond acceptors (Lipinski definition) is 2. The summed E-state index contributed by atoms with van der Waals surface area (Å²) in [7, 11) is 0. The summed E-state index contributed by atoms with van der Waals surface area (Å²) < 4.78 is 2.94. The van der Waals surface area contributed by atoms with Gasteiger partial charge in [0.2, 0.25) is 0 Å². The Bertz CT molecular complexity index is 703. The quantitative estimate of drug-likeness (QED) is 0.789. The lowest BCUT2D eigenvalue weighted by molar-refractivity contribution is 0.834. The first-order chi connectivity index (χ1) is 8.76. The normalized spacial score (nSPS) is 11.0. The Hall–Kier alpha value is -1.65. The molecule has 18 heavy (non-hydrogen) atoms. The molecule has 0 spiro atoms. The molecule has 0 aliphatic carbocycles. The van der Waals surface area contributed by atoms with Crippen molar-refractivity contribution in [3.63, 3.8) is 0 Å². The average Bonchev–Trinajstić information content (AvgIpc) is 2.87. The largest absolute Gasteiger partial charge is 0.325 e. The number of rotatable bonds is 2. The van der Waals surface area contributed by atoms with E-state index in [1.807, 2.05) is 23.0 Å². The first-order valence-electron chi connectivity index (χ1n) is 5.70. The van der Waals surface area contributed by atoms with Gasteiger partial charge in [0.15, 0.2) is 0 Å². The van der Waals surface area contributed by atoms with Crippen molar-refractivity contribution in [2.75, 3.05) is 0 Å². The second-order valence-electron chi connectivity index (χ2n) is 4.13. The van der Waals surface area contributed by atoms with E-state index in [4.69, 9.17) is 5.73 Å². The molecule has 0 radical (unpaired) electrons. The van der Waals surface area contributed by atoms with Crippen LogP contribution in [0.3, 0.4) is 0 Å².